The van der Waals surface area contributed by atoms with Crippen LogP contribution in [0.3, 0.4) is 0 Å². The Bertz CT molecular complexity index is 2640. The highest BCUT2D eigenvalue weighted by Gasteiger charge is 2.29. The van der Waals surface area contributed by atoms with Gasteiger partial charge in [-0.2, -0.15) is 0 Å². The van der Waals surface area contributed by atoms with Gasteiger partial charge in [0.05, 0.1) is 17.5 Å². The number of rotatable bonds is 10. The van der Waals surface area contributed by atoms with Crippen molar-refractivity contribution in [3.63, 3.8) is 0 Å². The van der Waals surface area contributed by atoms with E-state index < -0.39 is 0 Å². The van der Waals surface area contributed by atoms with Gasteiger partial charge in [0.25, 0.3) is 0 Å². The number of anilines is 1. The normalized spacial score (nSPS) is 17.6. The van der Waals surface area contributed by atoms with Crippen LogP contribution in [0.25, 0.3) is 50.6 Å². The van der Waals surface area contributed by atoms with Gasteiger partial charge in [-0.05, 0) is 104 Å². The first-order chi connectivity index (χ1) is 28.2. The maximum atomic E-state index is 4.62. The van der Waals surface area contributed by atoms with E-state index >= 15 is 0 Å². The summed E-state index contributed by atoms with van der Waals surface area (Å²) in [6, 6.07) is 41.3. The molecule has 0 fully saturated rings. The van der Waals surface area contributed by atoms with Gasteiger partial charge in [0.15, 0.2) is 0 Å². The molecule has 6 heteroatoms. The van der Waals surface area contributed by atoms with Crippen molar-refractivity contribution in [3.05, 3.63) is 199 Å². The largest absolute Gasteiger partial charge is 0.354 e. The summed E-state index contributed by atoms with van der Waals surface area (Å²) in [6.07, 6.45) is 25.2. The minimum atomic E-state index is -0.0269. The lowest BCUT2D eigenvalue weighted by Gasteiger charge is -2.33. The lowest BCUT2D eigenvalue weighted by molar-refractivity contribution is 0.479. The van der Waals surface area contributed by atoms with Crippen LogP contribution in [-0.2, 0) is 6.42 Å². The summed E-state index contributed by atoms with van der Waals surface area (Å²) in [7, 11) is 0. The van der Waals surface area contributed by atoms with Crippen LogP contribution in [0.2, 0.25) is 0 Å². The van der Waals surface area contributed by atoms with Crippen molar-refractivity contribution in [1.29, 1.82) is 0 Å². The number of fused-ring (bicyclic) bond motifs is 3. The van der Waals surface area contributed by atoms with Gasteiger partial charge in [0, 0.05) is 62.7 Å². The second-order valence-electron chi connectivity index (χ2n) is 14.6. The third kappa shape index (κ3) is 7.14. The average Bonchev–Trinajstić information content (AvgIpc) is 3.61. The number of pyridine rings is 1. The number of para-hydroxylation sites is 1. The maximum Gasteiger partial charge on any atom is 0.127 e. The Morgan fingerprint density at radius 3 is 2.40 bits per heavy atom. The first kappa shape index (κ1) is 35.6. The SMILES string of the molecule is C=C/C=C\C=C(/C)c1cc(-c2ccccc2)c2c(c1)c1c(n2-c2ccccc2)CCC(N(C2=CCC(C3N=CN=CN3)C=C2)c2ccc(-c3ccccn3)cc2)=C1. The molecule has 2 unspecified atom stereocenters. The molecule has 1 aliphatic heterocycles. The molecule has 0 saturated carbocycles. The topological polar surface area (TPSA) is 57.8 Å². The summed E-state index contributed by atoms with van der Waals surface area (Å²) in [4.78, 5) is 15.8. The minimum absolute atomic E-state index is 0.0269. The van der Waals surface area contributed by atoms with E-state index in [9.17, 15) is 0 Å². The Hall–Kier alpha value is -7.05. The van der Waals surface area contributed by atoms with E-state index in [0.29, 0.717) is 0 Å². The zero-order valence-electron chi connectivity index (χ0n) is 32.0. The Morgan fingerprint density at radius 1 is 0.877 bits per heavy atom. The van der Waals surface area contributed by atoms with Crippen molar-refractivity contribution >= 4 is 40.9 Å². The lowest BCUT2D eigenvalue weighted by Crippen LogP contribution is -2.35. The van der Waals surface area contributed by atoms with Crippen LogP contribution in [0.15, 0.2) is 192 Å². The fraction of sp³-hybridized carbons (Fsp3) is 0.118. The van der Waals surface area contributed by atoms with Crippen LogP contribution in [0.4, 0.5) is 5.69 Å². The Morgan fingerprint density at radius 2 is 1.68 bits per heavy atom. The number of hydrogen-bond acceptors (Lipinski definition) is 5. The molecule has 0 spiro atoms. The van der Waals surface area contributed by atoms with Gasteiger partial charge < -0.3 is 14.8 Å². The number of aromatic nitrogens is 2. The fourth-order valence-corrected chi connectivity index (χ4v) is 8.22. The van der Waals surface area contributed by atoms with E-state index in [2.05, 4.69) is 183 Å². The smallest absolute Gasteiger partial charge is 0.127 e. The molecule has 4 aromatic carbocycles. The Labute approximate surface area is 334 Å². The van der Waals surface area contributed by atoms with Crippen LogP contribution >= 0.6 is 0 Å². The van der Waals surface area contributed by atoms with Gasteiger partial charge in [-0.25, -0.2) is 9.98 Å². The molecule has 0 radical (unpaired) electrons. The van der Waals surface area contributed by atoms with Gasteiger partial charge >= 0.3 is 0 Å². The number of allylic oxidation sites excluding steroid dienone is 8. The number of nitrogens with zero attached hydrogens (tertiary/aromatic N) is 5. The van der Waals surface area contributed by atoms with Crippen LogP contribution in [-0.4, -0.2) is 28.4 Å². The molecule has 0 bridgehead atoms. The van der Waals surface area contributed by atoms with E-state index in [1.807, 2.05) is 30.5 Å². The molecule has 3 heterocycles. The summed E-state index contributed by atoms with van der Waals surface area (Å²) >= 11 is 0. The molecule has 2 aromatic heterocycles. The molecular formula is C51H44N6. The van der Waals surface area contributed by atoms with E-state index in [-0.39, 0.29) is 12.1 Å². The molecule has 278 valence electrons. The highest BCUT2D eigenvalue weighted by Crippen LogP contribution is 2.44. The van der Waals surface area contributed by atoms with Crippen molar-refractivity contribution in [1.82, 2.24) is 14.9 Å². The zero-order chi connectivity index (χ0) is 38.6. The molecule has 0 saturated heterocycles. The zero-order valence-corrected chi connectivity index (χ0v) is 32.0. The van der Waals surface area contributed by atoms with Crippen LogP contribution in [0.5, 0.6) is 0 Å². The number of nitrogens with one attached hydrogen (secondary N) is 1. The second kappa shape index (κ2) is 16.0. The quantitative estimate of drug-likeness (QED) is 0.142. The molecule has 6 nitrogen and oxygen atoms in total. The molecule has 9 rings (SSSR count). The van der Waals surface area contributed by atoms with E-state index in [4.69, 9.17) is 0 Å². The first-order valence-corrected chi connectivity index (χ1v) is 19.6. The highest BCUT2D eigenvalue weighted by molar-refractivity contribution is 6.04. The molecule has 2 atom stereocenters. The van der Waals surface area contributed by atoms with E-state index in [0.717, 1.165) is 41.9 Å². The number of benzene rings is 4. The summed E-state index contributed by atoms with van der Waals surface area (Å²) in [5, 5.41) is 4.56. The van der Waals surface area contributed by atoms with Crippen molar-refractivity contribution in [2.75, 3.05) is 4.90 Å². The van der Waals surface area contributed by atoms with Gasteiger partial charge in [0.1, 0.15) is 12.5 Å². The maximum absolute atomic E-state index is 4.62. The highest BCUT2D eigenvalue weighted by atomic mass is 15.2. The Balaban J connectivity index is 1.23. The summed E-state index contributed by atoms with van der Waals surface area (Å²) < 4.78 is 2.51. The molecular weight excluding hydrogens is 697 g/mol. The third-order valence-electron chi connectivity index (χ3n) is 11.0. The van der Waals surface area contributed by atoms with Gasteiger partial charge in [-0.1, -0.05) is 110 Å². The van der Waals surface area contributed by atoms with Crippen LogP contribution < -0.4 is 10.2 Å². The summed E-state index contributed by atoms with van der Waals surface area (Å²) in [5.74, 6) is 0.230. The van der Waals surface area contributed by atoms with Crippen LogP contribution in [0.1, 0.15) is 36.6 Å². The molecule has 0 amide bonds. The van der Waals surface area contributed by atoms with Crippen molar-refractivity contribution in [2.24, 2.45) is 15.9 Å². The summed E-state index contributed by atoms with van der Waals surface area (Å²) in [6.45, 7) is 6.06. The van der Waals surface area contributed by atoms with Gasteiger partial charge in [-0.3, -0.25) is 4.98 Å². The molecule has 3 aliphatic rings. The summed E-state index contributed by atoms with van der Waals surface area (Å²) in [5.41, 5.74) is 15.4. The second-order valence-corrected chi connectivity index (χ2v) is 14.6. The number of aliphatic imine (C=N–C) groups is 2. The first-order valence-electron chi connectivity index (χ1n) is 19.6. The lowest BCUT2D eigenvalue weighted by atomic mass is 9.92. The van der Waals surface area contributed by atoms with Gasteiger partial charge in [0.2, 0.25) is 0 Å². The molecule has 1 N–H and O–H groups in total. The predicted octanol–water partition coefficient (Wildman–Crippen LogP) is 11.7. The van der Waals surface area contributed by atoms with E-state index in [1.54, 1.807) is 12.7 Å². The van der Waals surface area contributed by atoms with Crippen molar-refractivity contribution in [3.8, 4) is 28.1 Å². The van der Waals surface area contributed by atoms with Crippen molar-refractivity contribution < 1.29 is 0 Å². The van der Waals surface area contributed by atoms with Gasteiger partial charge in [-0.15, -0.1) is 0 Å². The van der Waals surface area contributed by atoms with E-state index in [1.165, 1.54) is 55.8 Å². The molecule has 2 aliphatic carbocycles. The molecule has 6 aromatic rings. The standard InChI is InChI=1S/C51H44N6/c1-3-4-7-14-36(2)40-31-45(37-15-8-5-9-16-37)50-47(32-40)46-33-44(28-29-49(46)57(50)41-17-10-6-11-18-41)56(42-24-20-38(21-25-42)48-19-12-13-30-53-48)43-26-22-39(23-27-43)51-54-34-52-35-55-51/h3-22,24-27,30-35,39,51H,1,23,28-29H2,2H3,(H,52,54,55)/b7-4-,36-14+. The predicted molar refractivity (Wildman–Crippen MR) is 239 cm³/mol. The fourth-order valence-electron chi connectivity index (χ4n) is 8.22. The number of hydrogen-bond donors (Lipinski definition) is 1. The minimum Gasteiger partial charge on any atom is -0.354 e. The average molecular weight is 741 g/mol. The third-order valence-corrected chi connectivity index (χ3v) is 11.0. The molecule has 57 heavy (non-hydrogen) atoms. The Kier molecular flexibility index (Phi) is 9.98. The van der Waals surface area contributed by atoms with Crippen LogP contribution in [0, 0.1) is 5.92 Å². The van der Waals surface area contributed by atoms with Crippen molar-refractivity contribution in [2.45, 2.75) is 32.4 Å². The monoisotopic (exact) mass is 740 g/mol.